The van der Waals surface area contributed by atoms with Crippen molar-refractivity contribution in [3.8, 4) is 11.5 Å². The van der Waals surface area contributed by atoms with E-state index in [0.717, 1.165) is 36.6 Å². The molecule has 0 spiro atoms. The quantitative estimate of drug-likeness (QED) is 0.850. The summed E-state index contributed by atoms with van der Waals surface area (Å²) in [4.78, 5) is 0. The van der Waals surface area contributed by atoms with Crippen LogP contribution in [0.1, 0.15) is 32.8 Å². The van der Waals surface area contributed by atoms with Crippen molar-refractivity contribution in [1.82, 2.24) is 0 Å². The van der Waals surface area contributed by atoms with E-state index < -0.39 is 0 Å². The molecule has 1 aromatic rings. The van der Waals surface area contributed by atoms with E-state index >= 15 is 0 Å². The average molecular weight is 235 g/mol. The third kappa shape index (κ3) is 2.65. The zero-order valence-corrected chi connectivity index (χ0v) is 10.9. The van der Waals surface area contributed by atoms with Gasteiger partial charge in [-0.25, -0.2) is 0 Å². The monoisotopic (exact) mass is 235 g/mol. The van der Waals surface area contributed by atoms with Gasteiger partial charge in [0.05, 0.1) is 12.3 Å². The molecule has 3 heteroatoms. The standard InChI is InChI=1S/C14H21NO2/c1-4-6-15-12-9-13-11(7-10(3)17-13)8-14(12)16-5-2/h8-10,15H,4-7H2,1-3H3. The zero-order chi connectivity index (χ0) is 12.3. The minimum absolute atomic E-state index is 0.279. The molecule has 0 amide bonds. The first-order chi connectivity index (χ1) is 8.24. The Balaban J connectivity index is 2.26. The summed E-state index contributed by atoms with van der Waals surface area (Å²) in [6.07, 6.45) is 2.35. The summed E-state index contributed by atoms with van der Waals surface area (Å²) < 4.78 is 11.4. The Morgan fingerprint density at radius 2 is 2.24 bits per heavy atom. The summed E-state index contributed by atoms with van der Waals surface area (Å²) in [5.74, 6) is 1.94. The molecule has 1 N–H and O–H groups in total. The van der Waals surface area contributed by atoms with Gasteiger partial charge in [0.1, 0.15) is 17.6 Å². The molecule has 1 heterocycles. The molecular formula is C14H21NO2. The maximum atomic E-state index is 5.76. The first-order valence-electron chi connectivity index (χ1n) is 6.44. The molecule has 1 aliphatic rings. The number of anilines is 1. The molecule has 1 aliphatic heterocycles. The van der Waals surface area contributed by atoms with E-state index in [1.807, 2.05) is 6.92 Å². The van der Waals surface area contributed by atoms with Crippen molar-refractivity contribution in [2.75, 3.05) is 18.5 Å². The van der Waals surface area contributed by atoms with Crippen LogP contribution < -0.4 is 14.8 Å². The normalized spacial score (nSPS) is 17.5. The largest absolute Gasteiger partial charge is 0.492 e. The Labute approximate surface area is 103 Å². The van der Waals surface area contributed by atoms with Crippen LogP contribution in [0.4, 0.5) is 5.69 Å². The van der Waals surface area contributed by atoms with Gasteiger partial charge in [-0.05, 0) is 26.3 Å². The molecule has 0 fully saturated rings. The Morgan fingerprint density at radius 1 is 1.41 bits per heavy atom. The SMILES string of the molecule is CCCNc1cc2c(cc1OCC)CC(C)O2. The van der Waals surface area contributed by atoms with Crippen molar-refractivity contribution >= 4 is 5.69 Å². The van der Waals surface area contributed by atoms with Crippen molar-refractivity contribution in [1.29, 1.82) is 0 Å². The topological polar surface area (TPSA) is 30.5 Å². The molecule has 1 unspecified atom stereocenters. The molecule has 0 aliphatic carbocycles. The number of hydrogen-bond donors (Lipinski definition) is 1. The van der Waals surface area contributed by atoms with Crippen molar-refractivity contribution < 1.29 is 9.47 Å². The van der Waals surface area contributed by atoms with E-state index in [0.29, 0.717) is 6.61 Å². The summed E-state index contributed by atoms with van der Waals surface area (Å²) in [5.41, 5.74) is 2.30. The first kappa shape index (κ1) is 12.1. The van der Waals surface area contributed by atoms with Crippen molar-refractivity contribution in [3.05, 3.63) is 17.7 Å². The maximum Gasteiger partial charge on any atom is 0.142 e. The third-order valence-corrected chi connectivity index (χ3v) is 2.86. The Bertz CT molecular complexity index is 390. The number of benzene rings is 1. The number of rotatable bonds is 5. The number of fused-ring (bicyclic) bond motifs is 1. The summed E-state index contributed by atoms with van der Waals surface area (Å²) in [7, 11) is 0. The molecule has 2 rings (SSSR count). The second-order valence-electron chi connectivity index (χ2n) is 4.45. The lowest BCUT2D eigenvalue weighted by Crippen LogP contribution is -2.05. The lowest BCUT2D eigenvalue weighted by molar-refractivity contribution is 0.254. The molecule has 0 saturated carbocycles. The van der Waals surface area contributed by atoms with Crippen molar-refractivity contribution in [3.63, 3.8) is 0 Å². The van der Waals surface area contributed by atoms with Gasteiger partial charge in [0.25, 0.3) is 0 Å². The lowest BCUT2D eigenvalue weighted by atomic mass is 10.1. The second kappa shape index (κ2) is 5.30. The Morgan fingerprint density at radius 3 is 2.94 bits per heavy atom. The van der Waals surface area contributed by atoms with Gasteiger partial charge in [0.2, 0.25) is 0 Å². The zero-order valence-electron chi connectivity index (χ0n) is 10.9. The molecule has 0 radical (unpaired) electrons. The van der Waals surface area contributed by atoms with E-state index in [4.69, 9.17) is 9.47 Å². The maximum absolute atomic E-state index is 5.76. The molecule has 1 aromatic carbocycles. The van der Waals surface area contributed by atoms with Gasteiger partial charge in [-0.15, -0.1) is 0 Å². The molecule has 1 atom stereocenters. The lowest BCUT2D eigenvalue weighted by Gasteiger charge is -2.13. The summed E-state index contributed by atoms with van der Waals surface area (Å²) >= 11 is 0. The number of nitrogens with one attached hydrogen (secondary N) is 1. The van der Waals surface area contributed by atoms with Crippen LogP contribution in [0.15, 0.2) is 12.1 Å². The van der Waals surface area contributed by atoms with Crippen LogP contribution in [0.3, 0.4) is 0 Å². The fourth-order valence-corrected chi connectivity index (χ4v) is 2.11. The van der Waals surface area contributed by atoms with Crippen LogP contribution in [0.5, 0.6) is 11.5 Å². The van der Waals surface area contributed by atoms with Crippen LogP contribution in [0.25, 0.3) is 0 Å². The van der Waals surface area contributed by atoms with Crippen molar-refractivity contribution in [2.45, 2.75) is 39.7 Å². The van der Waals surface area contributed by atoms with Gasteiger partial charge in [-0.1, -0.05) is 6.92 Å². The molecule has 3 nitrogen and oxygen atoms in total. The highest BCUT2D eigenvalue weighted by Crippen LogP contribution is 2.37. The summed E-state index contributed by atoms with van der Waals surface area (Å²) in [6, 6.07) is 4.18. The molecule has 0 aromatic heterocycles. The van der Waals surface area contributed by atoms with Crippen molar-refractivity contribution in [2.24, 2.45) is 0 Å². The first-order valence-corrected chi connectivity index (χ1v) is 6.44. The van der Waals surface area contributed by atoms with E-state index in [2.05, 4.69) is 31.3 Å². The molecular weight excluding hydrogens is 214 g/mol. The predicted molar refractivity (Wildman–Crippen MR) is 70.2 cm³/mol. The van der Waals surface area contributed by atoms with E-state index in [-0.39, 0.29) is 6.10 Å². The van der Waals surface area contributed by atoms with Gasteiger partial charge in [0, 0.05) is 24.6 Å². The highest BCUT2D eigenvalue weighted by atomic mass is 16.5. The van der Waals surface area contributed by atoms with Gasteiger partial charge in [0.15, 0.2) is 0 Å². The van der Waals surface area contributed by atoms with Gasteiger partial charge < -0.3 is 14.8 Å². The van der Waals surface area contributed by atoms with Gasteiger partial charge in [-0.2, -0.15) is 0 Å². The second-order valence-corrected chi connectivity index (χ2v) is 4.45. The van der Waals surface area contributed by atoms with Crippen LogP contribution in [-0.2, 0) is 6.42 Å². The fraction of sp³-hybridized carbons (Fsp3) is 0.571. The minimum atomic E-state index is 0.279. The Hall–Kier alpha value is -1.38. The highest BCUT2D eigenvalue weighted by Gasteiger charge is 2.21. The van der Waals surface area contributed by atoms with Crippen LogP contribution in [-0.4, -0.2) is 19.3 Å². The van der Waals surface area contributed by atoms with E-state index in [1.54, 1.807) is 0 Å². The van der Waals surface area contributed by atoms with Gasteiger partial charge in [-0.3, -0.25) is 0 Å². The number of ether oxygens (including phenoxy) is 2. The van der Waals surface area contributed by atoms with Crippen LogP contribution in [0.2, 0.25) is 0 Å². The summed E-state index contributed by atoms with van der Waals surface area (Å²) in [6.45, 7) is 7.90. The van der Waals surface area contributed by atoms with Gasteiger partial charge >= 0.3 is 0 Å². The van der Waals surface area contributed by atoms with Crippen LogP contribution >= 0.6 is 0 Å². The smallest absolute Gasteiger partial charge is 0.142 e. The van der Waals surface area contributed by atoms with E-state index in [9.17, 15) is 0 Å². The summed E-state index contributed by atoms with van der Waals surface area (Å²) in [5, 5.41) is 3.39. The highest BCUT2D eigenvalue weighted by molar-refractivity contribution is 5.63. The number of hydrogen-bond acceptors (Lipinski definition) is 3. The molecule has 17 heavy (non-hydrogen) atoms. The molecule has 0 bridgehead atoms. The molecule has 94 valence electrons. The Kier molecular flexibility index (Phi) is 3.77. The minimum Gasteiger partial charge on any atom is -0.492 e. The fourth-order valence-electron chi connectivity index (χ4n) is 2.11. The van der Waals surface area contributed by atoms with E-state index in [1.165, 1.54) is 5.56 Å². The molecule has 0 saturated heterocycles. The third-order valence-electron chi connectivity index (χ3n) is 2.86. The van der Waals surface area contributed by atoms with Crippen LogP contribution in [0, 0.1) is 0 Å². The predicted octanol–water partition coefficient (Wildman–Crippen LogP) is 3.23. The average Bonchev–Trinajstić information content (AvgIpc) is 2.65.